The number of rotatable bonds is 0. The van der Waals surface area contributed by atoms with Crippen LogP contribution in [0.4, 0.5) is 0 Å². The summed E-state index contributed by atoms with van der Waals surface area (Å²) in [6.07, 6.45) is 10.8. The third kappa shape index (κ3) is 2.06. The van der Waals surface area contributed by atoms with Gasteiger partial charge in [-0.25, -0.2) is 0 Å². The van der Waals surface area contributed by atoms with Gasteiger partial charge in [-0.3, -0.25) is 0 Å². The van der Waals surface area contributed by atoms with Gasteiger partial charge < -0.3 is 0 Å². The largest absolute Gasteiger partial charge is 0.0622 e. The minimum absolute atomic E-state index is 0.992. The lowest BCUT2D eigenvalue weighted by Crippen LogP contribution is -2.43. The lowest BCUT2D eigenvalue weighted by atomic mass is 9.54. The Bertz CT molecular complexity index is 269. The number of hydrogen-bond acceptors (Lipinski definition) is 0. The molecule has 3 rings (SSSR count). The van der Waals surface area contributed by atoms with Gasteiger partial charge in [0.2, 0.25) is 0 Å². The van der Waals surface area contributed by atoms with E-state index in [1.807, 2.05) is 0 Å². The van der Waals surface area contributed by atoms with E-state index in [4.69, 9.17) is 0 Å². The second-order valence-corrected chi connectivity index (χ2v) is 7.64. The quantitative estimate of drug-likeness (QED) is 0.545. The van der Waals surface area contributed by atoms with Crippen LogP contribution in [0.1, 0.15) is 65.7 Å². The van der Waals surface area contributed by atoms with Gasteiger partial charge in [0.1, 0.15) is 0 Å². The Morgan fingerprint density at radius 3 is 2.24 bits per heavy atom. The topological polar surface area (TPSA) is 0 Å². The maximum absolute atomic E-state index is 2.55. The van der Waals surface area contributed by atoms with Crippen LogP contribution >= 0.6 is 0 Å². The van der Waals surface area contributed by atoms with E-state index in [0.717, 1.165) is 41.4 Å². The molecule has 17 heavy (non-hydrogen) atoms. The molecular formula is C17H30. The van der Waals surface area contributed by atoms with E-state index >= 15 is 0 Å². The average Bonchev–Trinajstić information content (AvgIpc) is 2.33. The maximum atomic E-state index is 2.55. The van der Waals surface area contributed by atoms with Crippen molar-refractivity contribution < 1.29 is 0 Å². The van der Waals surface area contributed by atoms with Crippen LogP contribution in [0.3, 0.4) is 0 Å². The van der Waals surface area contributed by atoms with Crippen molar-refractivity contribution >= 4 is 0 Å². The summed E-state index contributed by atoms with van der Waals surface area (Å²) in [5, 5.41) is 0. The summed E-state index contributed by atoms with van der Waals surface area (Å²) in [6.45, 7) is 7.58. The summed E-state index contributed by atoms with van der Waals surface area (Å²) in [5.74, 6) is 7.42. The van der Waals surface area contributed by atoms with Gasteiger partial charge >= 0.3 is 0 Å². The zero-order valence-electron chi connectivity index (χ0n) is 12.0. The molecule has 0 aliphatic heterocycles. The molecule has 3 aliphatic rings. The molecule has 3 aliphatic carbocycles. The standard InChI is InChI=1S/C17H30/c1-11-7-8-15-9-14-6-4-5-12(2)16(14)10-17(15)13(11)3/h11-17H,4-10H2,1-3H3. The molecule has 0 aromatic rings. The Morgan fingerprint density at radius 1 is 0.647 bits per heavy atom. The van der Waals surface area contributed by atoms with Crippen molar-refractivity contribution in [1.29, 1.82) is 0 Å². The Balaban J connectivity index is 1.75. The van der Waals surface area contributed by atoms with E-state index < -0.39 is 0 Å². The third-order valence-corrected chi connectivity index (χ3v) is 6.89. The second kappa shape index (κ2) is 4.59. The normalized spacial score (nSPS) is 54.9. The Labute approximate surface area is 108 Å². The van der Waals surface area contributed by atoms with E-state index in [9.17, 15) is 0 Å². The summed E-state index contributed by atoms with van der Waals surface area (Å²) in [7, 11) is 0. The zero-order chi connectivity index (χ0) is 12.0. The molecule has 0 heterocycles. The van der Waals surface area contributed by atoms with Crippen molar-refractivity contribution in [2.75, 3.05) is 0 Å². The highest BCUT2D eigenvalue weighted by molar-refractivity contribution is 4.94. The Hall–Kier alpha value is 0. The molecule has 0 spiro atoms. The summed E-state index contributed by atoms with van der Waals surface area (Å²) in [6, 6.07) is 0. The van der Waals surface area contributed by atoms with Crippen molar-refractivity contribution in [3.63, 3.8) is 0 Å². The predicted octanol–water partition coefficient (Wildman–Crippen LogP) is 5.13. The molecule has 7 atom stereocenters. The first-order valence-corrected chi connectivity index (χ1v) is 8.16. The minimum Gasteiger partial charge on any atom is -0.0622 e. The van der Waals surface area contributed by atoms with Gasteiger partial charge in [-0.1, -0.05) is 46.5 Å². The van der Waals surface area contributed by atoms with Gasteiger partial charge in [0.25, 0.3) is 0 Å². The lowest BCUT2D eigenvalue weighted by molar-refractivity contribution is -0.0174. The number of hydrogen-bond donors (Lipinski definition) is 0. The fraction of sp³-hybridized carbons (Fsp3) is 1.00. The van der Waals surface area contributed by atoms with E-state index in [-0.39, 0.29) is 0 Å². The average molecular weight is 234 g/mol. The molecule has 0 amide bonds. The first-order chi connectivity index (χ1) is 8.16. The minimum atomic E-state index is 0.992. The molecule has 0 aromatic carbocycles. The molecule has 7 unspecified atom stereocenters. The molecular weight excluding hydrogens is 204 g/mol. The van der Waals surface area contributed by atoms with Crippen LogP contribution in [0, 0.1) is 41.4 Å². The predicted molar refractivity (Wildman–Crippen MR) is 73.8 cm³/mol. The zero-order valence-corrected chi connectivity index (χ0v) is 12.0. The first kappa shape index (κ1) is 12.1. The van der Waals surface area contributed by atoms with Crippen LogP contribution in [0.15, 0.2) is 0 Å². The van der Waals surface area contributed by atoms with Crippen LogP contribution < -0.4 is 0 Å². The molecule has 98 valence electrons. The lowest BCUT2D eigenvalue weighted by Gasteiger charge is -2.52. The SMILES string of the molecule is CC1CCC2CC3CCCC(C)C3CC2C1C. The van der Waals surface area contributed by atoms with Gasteiger partial charge in [0.15, 0.2) is 0 Å². The molecule has 0 radical (unpaired) electrons. The van der Waals surface area contributed by atoms with Gasteiger partial charge in [0.05, 0.1) is 0 Å². The van der Waals surface area contributed by atoms with E-state index in [1.54, 1.807) is 25.7 Å². The smallest absolute Gasteiger partial charge is 0.0355 e. The van der Waals surface area contributed by atoms with Crippen molar-refractivity contribution in [2.45, 2.75) is 65.7 Å². The van der Waals surface area contributed by atoms with Crippen molar-refractivity contribution in [2.24, 2.45) is 41.4 Å². The molecule has 0 aromatic heterocycles. The molecule has 0 bridgehead atoms. The summed E-state index contributed by atoms with van der Waals surface area (Å²) < 4.78 is 0. The number of fused-ring (bicyclic) bond motifs is 2. The second-order valence-electron chi connectivity index (χ2n) is 7.64. The van der Waals surface area contributed by atoms with Crippen LogP contribution in [-0.4, -0.2) is 0 Å². The highest BCUT2D eigenvalue weighted by atomic mass is 14.5. The molecule has 0 saturated heterocycles. The van der Waals surface area contributed by atoms with Crippen LogP contribution in [-0.2, 0) is 0 Å². The van der Waals surface area contributed by atoms with E-state index in [0.29, 0.717) is 0 Å². The summed E-state index contributed by atoms with van der Waals surface area (Å²) in [4.78, 5) is 0. The fourth-order valence-corrected chi connectivity index (χ4v) is 5.52. The summed E-state index contributed by atoms with van der Waals surface area (Å²) in [5.41, 5.74) is 0. The highest BCUT2D eigenvalue weighted by Gasteiger charge is 2.44. The monoisotopic (exact) mass is 234 g/mol. The van der Waals surface area contributed by atoms with Crippen LogP contribution in [0.5, 0.6) is 0 Å². The molecule has 0 heteroatoms. The van der Waals surface area contributed by atoms with E-state index in [2.05, 4.69) is 20.8 Å². The molecule has 0 N–H and O–H groups in total. The Morgan fingerprint density at radius 2 is 1.41 bits per heavy atom. The van der Waals surface area contributed by atoms with Crippen molar-refractivity contribution in [3.8, 4) is 0 Å². The van der Waals surface area contributed by atoms with Gasteiger partial charge in [-0.15, -0.1) is 0 Å². The van der Waals surface area contributed by atoms with Gasteiger partial charge in [0, 0.05) is 0 Å². The third-order valence-electron chi connectivity index (χ3n) is 6.89. The summed E-state index contributed by atoms with van der Waals surface area (Å²) >= 11 is 0. The van der Waals surface area contributed by atoms with Crippen LogP contribution in [0.25, 0.3) is 0 Å². The molecule has 0 nitrogen and oxygen atoms in total. The van der Waals surface area contributed by atoms with Gasteiger partial charge in [-0.2, -0.15) is 0 Å². The van der Waals surface area contributed by atoms with Gasteiger partial charge in [-0.05, 0) is 60.7 Å². The Kier molecular flexibility index (Phi) is 3.26. The van der Waals surface area contributed by atoms with Crippen LogP contribution in [0.2, 0.25) is 0 Å². The first-order valence-electron chi connectivity index (χ1n) is 8.16. The fourth-order valence-electron chi connectivity index (χ4n) is 5.52. The van der Waals surface area contributed by atoms with Crippen molar-refractivity contribution in [1.82, 2.24) is 0 Å². The molecule has 3 saturated carbocycles. The molecule has 3 fully saturated rings. The highest BCUT2D eigenvalue weighted by Crippen LogP contribution is 2.54. The van der Waals surface area contributed by atoms with Crippen molar-refractivity contribution in [3.05, 3.63) is 0 Å². The van der Waals surface area contributed by atoms with E-state index in [1.165, 1.54) is 19.3 Å². The maximum Gasteiger partial charge on any atom is -0.0355 e.